The predicted octanol–water partition coefficient (Wildman–Crippen LogP) is 15.2. The fourth-order valence-electron chi connectivity index (χ4n) is 10.1. The van der Waals surface area contributed by atoms with Gasteiger partial charge in [0, 0.05) is 38.2 Å². The lowest BCUT2D eigenvalue weighted by Gasteiger charge is -2.18. The van der Waals surface area contributed by atoms with E-state index in [2.05, 4.69) is 221 Å². The van der Waals surface area contributed by atoms with E-state index < -0.39 is 0 Å². The van der Waals surface area contributed by atoms with Crippen LogP contribution >= 0.6 is 0 Å². The molecule has 0 aliphatic carbocycles. The van der Waals surface area contributed by atoms with E-state index in [-0.39, 0.29) is 0 Å². The lowest BCUT2D eigenvalue weighted by atomic mass is 9.89. The lowest BCUT2D eigenvalue weighted by molar-refractivity contribution is 1.12. The molecule has 3 heteroatoms. The average molecular weight is 762 g/mol. The molecule has 60 heavy (non-hydrogen) atoms. The summed E-state index contributed by atoms with van der Waals surface area (Å²) in [6, 6.07) is 77.4. The summed E-state index contributed by atoms with van der Waals surface area (Å²) >= 11 is 0. The summed E-state index contributed by atoms with van der Waals surface area (Å²) in [6.45, 7) is 0. The standard InChI is InChI=1S/C57H35N3/c1-2-18-39(19-3-1)59-51-29-15-14-26-46(51)50-35-38(30-32-53(50)59)57-58-55-48-27-12-9-22-42(48)43-23-10-13-28-49(43)56(55)60(57)52-33-31-47(44-24-8-11-25-45(44)52)54-40-20-6-4-16-36(40)34-37-17-5-7-21-41(37)54/h1-35H. The Morgan fingerprint density at radius 2 is 0.883 bits per heavy atom. The zero-order valence-electron chi connectivity index (χ0n) is 32.5. The van der Waals surface area contributed by atoms with Crippen molar-refractivity contribution < 1.29 is 0 Å². The summed E-state index contributed by atoms with van der Waals surface area (Å²) in [4.78, 5) is 5.71. The highest BCUT2D eigenvalue weighted by atomic mass is 15.1. The summed E-state index contributed by atoms with van der Waals surface area (Å²) in [6.07, 6.45) is 0. The Kier molecular flexibility index (Phi) is 7.01. The quantitative estimate of drug-likeness (QED) is 0.129. The van der Waals surface area contributed by atoms with E-state index in [4.69, 9.17) is 4.98 Å². The van der Waals surface area contributed by atoms with Crippen LogP contribution in [-0.4, -0.2) is 14.1 Å². The first-order chi connectivity index (χ1) is 29.8. The first kappa shape index (κ1) is 33.0. The molecule has 11 aromatic carbocycles. The van der Waals surface area contributed by atoms with Gasteiger partial charge in [-0.05, 0) is 97.4 Å². The van der Waals surface area contributed by atoms with Gasteiger partial charge in [-0.3, -0.25) is 4.57 Å². The summed E-state index contributed by atoms with van der Waals surface area (Å²) in [7, 11) is 0. The van der Waals surface area contributed by atoms with E-state index in [1.54, 1.807) is 0 Å². The molecule has 0 fully saturated rings. The topological polar surface area (TPSA) is 22.8 Å². The number of hydrogen-bond acceptors (Lipinski definition) is 1. The summed E-state index contributed by atoms with van der Waals surface area (Å²) < 4.78 is 4.83. The van der Waals surface area contributed by atoms with Gasteiger partial charge in [0.1, 0.15) is 5.82 Å². The van der Waals surface area contributed by atoms with Gasteiger partial charge in [-0.25, -0.2) is 4.98 Å². The van der Waals surface area contributed by atoms with Gasteiger partial charge in [0.05, 0.1) is 27.8 Å². The Balaban J connectivity index is 1.16. The molecule has 278 valence electrons. The number of para-hydroxylation sites is 2. The number of hydrogen-bond donors (Lipinski definition) is 0. The largest absolute Gasteiger partial charge is 0.309 e. The van der Waals surface area contributed by atoms with Crippen LogP contribution in [-0.2, 0) is 0 Å². The van der Waals surface area contributed by atoms with Crippen molar-refractivity contribution in [2.45, 2.75) is 0 Å². The fraction of sp³-hybridized carbons (Fsp3) is 0. The Morgan fingerprint density at radius 3 is 1.62 bits per heavy atom. The van der Waals surface area contributed by atoms with Crippen molar-refractivity contribution >= 4 is 86.7 Å². The van der Waals surface area contributed by atoms with Crippen LogP contribution in [0, 0.1) is 0 Å². The number of nitrogens with zero attached hydrogens (tertiary/aromatic N) is 3. The highest BCUT2D eigenvalue weighted by Gasteiger charge is 2.24. The molecule has 0 N–H and O–H groups in total. The Morgan fingerprint density at radius 1 is 0.333 bits per heavy atom. The van der Waals surface area contributed by atoms with E-state index in [1.165, 1.54) is 81.4 Å². The van der Waals surface area contributed by atoms with Crippen molar-refractivity contribution in [2.24, 2.45) is 0 Å². The van der Waals surface area contributed by atoms with Gasteiger partial charge in [0.15, 0.2) is 0 Å². The molecule has 13 aromatic rings. The minimum atomic E-state index is 0.915. The molecule has 13 rings (SSSR count). The lowest BCUT2D eigenvalue weighted by Crippen LogP contribution is -2.00. The maximum atomic E-state index is 5.71. The van der Waals surface area contributed by atoms with Crippen LogP contribution in [0.25, 0.3) is 121 Å². The number of aromatic nitrogens is 3. The highest BCUT2D eigenvalue weighted by Crippen LogP contribution is 2.45. The smallest absolute Gasteiger partial charge is 0.145 e. The molecule has 0 aliphatic heterocycles. The number of benzene rings is 11. The van der Waals surface area contributed by atoms with E-state index >= 15 is 0 Å². The minimum absolute atomic E-state index is 0.915. The third-order valence-corrected chi connectivity index (χ3v) is 12.7. The van der Waals surface area contributed by atoms with Gasteiger partial charge >= 0.3 is 0 Å². The van der Waals surface area contributed by atoms with Crippen molar-refractivity contribution in [3.05, 3.63) is 212 Å². The molecule has 0 bridgehead atoms. The molecule has 0 spiro atoms. The van der Waals surface area contributed by atoms with Crippen LogP contribution in [0.1, 0.15) is 0 Å². The van der Waals surface area contributed by atoms with Crippen molar-refractivity contribution in [1.82, 2.24) is 14.1 Å². The highest BCUT2D eigenvalue weighted by molar-refractivity contribution is 6.25. The van der Waals surface area contributed by atoms with Crippen LogP contribution in [0.4, 0.5) is 0 Å². The van der Waals surface area contributed by atoms with Gasteiger partial charge in [0.25, 0.3) is 0 Å². The monoisotopic (exact) mass is 761 g/mol. The molecular weight excluding hydrogens is 727 g/mol. The molecule has 0 aliphatic rings. The second kappa shape index (κ2) is 12.7. The van der Waals surface area contributed by atoms with Crippen molar-refractivity contribution in [2.75, 3.05) is 0 Å². The SMILES string of the molecule is c1ccc(-n2c3ccccc3c3cc(-c4nc5c6ccccc6c6ccccc6c5n4-c4ccc(-c5c6ccccc6cc6ccccc56)c5ccccc45)ccc32)cc1. The number of rotatable bonds is 4. The zero-order valence-corrected chi connectivity index (χ0v) is 32.5. The normalized spacial score (nSPS) is 12.0. The van der Waals surface area contributed by atoms with Crippen LogP contribution in [0.15, 0.2) is 212 Å². The Bertz CT molecular complexity index is 3830. The van der Waals surface area contributed by atoms with Crippen LogP contribution in [0.3, 0.4) is 0 Å². The van der Waals surface area contributed by atoms with Crippen LogP contribution in [0.2, 0.25) is 0 Å². The first-order valence-electron chi connectivity index (χ1n) is 20.6. The van der Waals surface area contributed by atoms with E-state index in [0.29, 0.717) is 0 Å². The van der Waals surface area contributed by atoms with Gasteiger partial charge in [-0.15, -0.1) is 0 Å². The molecule has 0 unspecified atom stereocenters. The average Bonchev–Trinajstić information content (AvgIpc) is 3.88. The van der Waals surface area contributed by atoms with Crippen molar-refractivity contribution in [3.63, 3.8) is 0 Å². The third-order valence-electron chi connectivity index (χ3n) is 12.7. The second-order valence-electron chi connectivity index (χ2n) is 15.9. The molecule has 3 nitrogen and oxygen atoms in total. The van der Waals surface area contributed by atoms with E-state index in [1.807, 2.05) is 0 Å². The molecular formula is C57H35N3. The first-order valence-corrected chi connectivity index (χ1v) is 20.6. The molecule has 2 aromatic heterocycles. The number of imidazole rings is 1. The molecule has 2 heterocycles. The summed E-state index contributed by atoms with van der Waals surface area (Å²) in [5.41, 5.74) is 10.3. The van der Waals surface area contributed by atoms with Crippen molar-refractivity contribution in [1.29, 1.82) is 0 Å². The maximum absolute atomic E-state index is 5.71. The van der Waals surface area contributed by atoms with Gasteiger partial charge in [-0.2, -0.15) is 0 Å². The van der Waals surface area contributed by atoms with Gasteiger partial charge < -0.3 is 4.57 Å². The molecule has 0 atom stereocenters. The summed E-state index contributed by atoms with van der Waals surface area (Å²) in [5, 5.41) is 14.5. The predicted molar refractivity (Wildman–Crippen MR) is 254 cm³/mol. The Labute approximate surface area is 345 Å². The fourth-order valence-corrected chi connectivity index (χ4v) is 10.1. The second-order valence-corrected chi connectivity index (χ2v) is 15.9. The van der Waals surface area contributed by atoms with Crippen LogP contribution < -0.4 is 0 Å². The minimum Gasteiger partial charge on any atom is -0.309 e. The van der Waals surface area contributed by atoms with E-state index in [9.17, 15) is 0 Å². The molecule has 0 radical (unpaired) electrons. The summed E-state index contributed by atoms with van der Waals surface area (Å²) in [5.74, 6) is 0.915. The molecule has 0 amide bonds. The third kappa shape index (κ3) is 4.69. The van der Waals surface area contributed by atoms with Crippen LogP contribution in [0.5, 0.6) is 0 Å². The van der Waals surface area contributed by atoms with Gasteiger partial charge in [-0.1, -0.05) is 164 Å². The van der Waals surface area contributed by atoms with Gasteiger partial charge in [0.2, 0.25) is 0 Å². The molecule has 0 saturated heterocycles. The number of fused-ring (bicyclic) bond motifs is 12. The zero-order chi connectivity index (χ0) is 39.3. The van der Waals surface area contributed by atoms with E-state index in [0.717, 1.165) is 39.2 Å². The molecule has 0 saturated carbocycles. The maximum Gasteiger partial charge on any atom is 0.145 e. The Hall–Kier alpha value is -8.01. The van der Waals surface area contributed by atoms with Crippen molar-refractivity contribution in [3.8, 4) is 33.9 Å².